The molecule has 6 aromatic rings. The number of nitrogens with zero attached hydrogens (tertiary/aromatic N) is 1. The van der Waals surface area contributed by atoms with Crippen molar-refractivity contribution < 1.29 is 23.4 Å². The molecule has 0 fully saturated rings. The molecule has 0 aromatic heterocycles. The van der Waals surface area contributed by atoms with Crippen LogP contribution in [0.4, 0.5) is 0 Å². The van der Waals surface area contributed by atoms with E-state index in [2.05, 4.69) is 111 Å². The molecule has 0 saturated heterocycles. The summed E-state index contributed by atoms with van der Waals surface area (Å²) in [4.78, 5) is 0. The largest absolute Gasteiger partial charge is 0.454 e. The Morgan fingerprint density at radius 2 is 0.959 bits per heavy atom. The molecule has 49 heavy (non-hydrogen) atoms. The van der Waals surface area contributed by atoms with Crippen molar-refractivity contribution in [1.29, 1.82) is 0 Å². The van der Waals surface area contributed by atoms with Crippen LogP contribution in [-0.4, -0.2) is 31.2 Å². The Morgan fingerprint density at radius 1 is 0.510 bits per heavy atom. The maximum atomic E-state index is 5.93. The standard InChI is InChI=1S/C44H42NO4/c1-3-5-19-45(20-6-4-2)25-37-35(31-15-17-39-41(23-31)48-27-46-39)21-29-11-7-9-13-33(29)43(37)44-34-14-10-8-12-30(34)22-36(38(44)26-45)32-16-18-40-42(24-32)49-28-47-40/h7-18,21-24H,3-6,19-20,25-28H2,1-2H3/q+1. The van der Waals surface area contributed by atoms with E-state index in [1.165, 1.54) is 91.7 Å². The zero-order valence-corrected chi connectivity index (χ0v) is 28.4. The van der Waals surface area contributed by atoms with E-state index in [0.717, 1.165) is 53.7 Å². The molecule has 0 amide bonds. The number of benzene rings is 6. The molecule has 3 aliphatic heterocycles. The molecule has 0 radical (unpaired) electrons. The molecule has 5 heteroatoms. The van der Waals surface area contributed by atoms with Gasteiger partial charge in [0.25, 0.3) is 0 Å². The van der Waals surface area contributed by atoms with Gasteiger partial charge in [0.15, 0.2) is 23.0 Å². The van der Waals surface area contributed by atoms with Gasteiger partial charge in [0.1, 0.15) is 13.1 Å². The summed E-state index contributed by atoms with van der Waals surface area (Å²) in [6.45, 7) is 9.39. The molecule has 0 bridgehead atoms. The summed E-state index contributed by atoms with van der Waals surface area (Å²) in [5.41, 5.74) is 10.5. The van der Waals surface area contributed by atoms with Crippen LogP contribution in [0.15, 0.2) is 97.1 Å². The van der Waals surface area contributed by atoms with Gasteiger partial charge in [0, 0.05) is 22.3 Å². The lowest BCUT2D eigenvalue weighted by molar-refractivity contribution is -0.953. The molecular weight excluding hydrogens is 606 g/mol. The maximum absolute atomic E-state index is 5.93. The van der Waals surface area contributed by atoms with Crippen LogP contribution >= 0.6 is 0 Å². The van der Waals surface area contributed by atoms with E-state index >= 15 is 0 Å². The molecule has 0 saturated carbocycles. The van der Waals surface area contributed by atoms with E-state index in [1.54, 1.807) is 0 Å². The van der Waals surface area contributed by atoms with Crippen molar-refractivity contribution >= 4 is 21.5 Å². The highest BCUT2D eigenvalue weighted by Crippen LogP contribution is 2.51. The number of unbranched alkanes of at least 4 members (excludes halogenated alkanes) is 2. The predicted octanol–water partition coefficient (Wildman–Crippen LogP) is 10.9. The third kappa shape index (κ3) is 5.10. The zero-order valence-electron chi connectivity index (χ0n) is 28.4. The van der Waals surface area contributed by atoms with Crippen LogP contribution in [0.3, 0.4) is 0 Å². The van der Waals surface area contributed by atoms with Gasteiger partial charge in [-0.2, -0.15) is 0 Å². The molecule has 0 unspecified atom stereocenters. The molecule has 5 nitrogen and oxygen atoms in total. The van der Waals surface area contributed by atoms with E-state index in [9.17, 15) is 0 Å². The summed E-state index contributed by atoms with van der Waals surface area (Å²) >= 11 is 0. The van der Waals surface area contributed by atoms with Gasteiger partial charge in [-0.1, -0.05) is 87.4 Å². The minimum Gasteiger partial charge on any atom is -0.454 e. The Hall–Kier alpha value is -5.00. The van der Waals surface area contributed by atoms with Crippen molar-refractivity contribution in [2.24, 2.45) is 0 Å². The lowest BCUT2D eigenvalue weighted by Crippen LogP contribution is -2.47. The summed E-state index contributed by atoms with van der Waals surface area (Å²) in [7, 11) is 0. The Bertz CT molecular complexity index is 2080. The van der Waals surface area contributed by atoms with Gasteiger partial charge in [0.2, 0.25) is 13.6 Å². The van der Waals surface area contributed by atoms with Gasteiger partial charge >= 0.3 is 0 Å². The van der Waals surface area contributed by atoms with Crippen LogP contribution in [0.25, 0.3) is 54.9 Å². The number of hydrogen-bond donors (Lipinski definition) is 0. The highest BCUT2D eigenvalue weighted by atomic mass is 16.7. The Labute approximate surface area is 288 Å². The number of fused-ring (bicyclic) bond motifs is 9. The van der Waals surface area contributed by atoms with Crippen LogP contribution in [0, 0.1) is 0 Å². The molecule has 246 valence electrons. The van der Waals surface area contributed by atoms with Gasteiger partial charge in [-0.05, 0) is 93.0 Å². The van der Waals surface area contributed by atoms with Gasteiger partial charge in [0.05, 0.1) is 13.1 Å². The summed E-state index contributed by atoms with van der Waals surface area (Å²) in [5.74, 6) is 3.27. The Kier molecular flexibility index (Phi) is 7.46. The molecule has 6 aromatic carbocycles. The third-order valence-corrected chi connectivity index (χ3v) is 10.9. The van der Waals surface area contributed by atoms with Gasteiger partial charge in [-0.3, -0.25) is 0 Å². The number of quaternary nitrogens is 1. The molecule has 0 spiro atoms. The van der Waals surface area contributed by atoms with Crippen LogP contribution < -0.4 is 18.9 Å². The first-order valence-corrected chi connectivity index (χ1v) is 17.9. The molecule has 3 aliphatic rings. The summed E-state index contributed by atoms with van der Waals surface area (Å²) in [6, 6.07) is 35.8. The first kappa shape index (κ1) is 30.1. The number of rotatable bonds is 8. The van der Waals surface area contributed by atoms with Crippen molar-refractivity contribution in [2.45, 2.75) is 52.6 Å². The molecule has 0 aliphatic carbocycles. The van der Waals surface area contributed by atoms with Gasteiger partial charge < -0.3 is 23.4 Å². The fourth-order valence-electron chi connectivity index (χ4n) is 8.47. The minimum atomic E-state index is 0.269. The van der Waals surface area contributed by atoms with Crippen molar-refractivity contribution in [3.8, 4) is 56.4 Å². The fourth-order valence-corrected chi connectivity index (χ4v) is 8.47. The van der Waals surface area contributed by atoms with E-state index in [-0.39, 0.29) is 13.6 Å². The quantitative estimate of drug-likeness (QED) is 0.154. The van der Waals surface area contributed by atoms with Crippen LogP contribution in [-0.2, 0) is 13.1 Å². The Morgan fingerprint density at radius 3 is 1.43 bits per heavy atom. The van der Waals surface area contributed by atoms with Crippen molar-refractivity contribution in [1.82, 2.24) is 0 Å². The van der Waals surface area contributed by atoms with E-state index < -0.39 is 0 Å². The SMILES string of the molecule is CCCC[N+]1(CCCC)Cc2c(-c3ccc4c(c3)OCO4)cc3ccccc3c2-c2c(c(-c3ccc4c(c3)OCO4)cc3ccccc23)C1. The molecule has 3 heterocycles. The highest BCUT2D eigenvalue weighted by molar-refractivity contribution is 6.12. The second-order valence-electron chi connectivity index (χ2n) is 13.9. The van der Waals surface area contributed by atoms with Crippen LogP contribution in [0.5, 0.6) is 23.0 Å². The average molecular weight is 649 g/mol. The number of ether oxygens (including phenoxy) is 4. The maximum Gasteiger partial charge on any atom is 0.231 e. The summed E-state index contributed by atoms with van der Waals surface area (Å²) in [5, 5.41) is 5.11. The fraction of sp³-hybridized carbons (Fsp3) is 0.273. The second-order valence-corrected chi connectivity index (χ2v) is 13.9. The lowest BCUT2D eigenvalue weighted by atomic mass is 9.82. The van der Waals surface area contributed by atoms with E-state index in [0.29, 0.717) is 0 Å². The lowest BCUT2D eigenvalue weighted by Gasteiger charge is -2.39. The predicted molar refractivity (Wildman–Crippen MR) is 197 cm³/mol. The molecule has 9 rings (SSSR count). The first-order chi connectivity index (χ1) is 24.1. The summed E-state index contributed by atoms with van der Waals surface area (Å²) < 4.78 is 24.4. The molecular formula is C44H42NO4+. The second kappa shape index (κ2) is 12.2. The topological polar surface area (TPSA) is 36.9 Å². The van der Waals surface area contributed by atoms with Crippen LogP contribution in [0.2, 0.25) is 0 Å². The van der Waals surface area contributed by atoms with Crippen molar-refractivity contribution in [3.05, 3.63) is 108 Å². The van der Waals surface area contributed by atoms with Gasteiger partial charge in [-0.25, -0.2) is 0 Å². The van der Waals surface area contributed by atoms with Crippen molar-refractivity contribution in [3.63, 3.8) is 0 Å². The third-order valence-electron chi connectivity index (χ3n) is 10.9. The molecule has 0 N–H and O–H groups in total. The monoisotopic (exact) mass is 648 g/mol. The molecule has 0 atom stereocenters. The zero-order chi connectivity index (χ0) is 33.0. The highest BCUT2D eigenvalue weighted by Gasteiger charge is 2.38. The first-order valence-electron chi connectivity index (χ1n) is 17.9. The Balaban J connectivity index is 1.42. The van der Waals surface area contributed by atoms with E-state index in [1.807, 2.05) is 0 Å². The van der Waals surface area contributed by atoms with Gasteiger partial charge in [-0.15, -0.1) is 0 Å². The number of hydrogen-bond acceptors (Lipinski definition) is 4. The van der Waals surface area contributed by atoms with E-state index in [4.69, 9.17) is 18.9 Å². The minimum absolute atomic E-state index is 0.269. The van der Waals surface area contributed by atoms with Crippen LogP contribution in [0.1, 0.15) is 50.7 Å². The summed E-state index contributed by atoms with van der Waals surface area (Å²) in [6.07, 6.45) is 4.72. The smallest absolute Gasteiger partial charge is 0.231 e. The van der Waals surface area contributed by atoms with Crippen molar-refractivity contribution in [2.75, 3.05) is 26.7 Å². The normalized spacial score (nSPS) is 15.3. The average Bonchev–Trinajstić information content (AvgIpc) is 3.79.